The normalized spacial score (nSPS) is 20.7. The van der Waals surface area contributed by atoms with E-state index in [9.17, 15) is 0 Å². The van der Waals surface area contributed by atoms with Crippen molar-refractivity contribution in [1.29, 1.82) is 5.26 Å². The molecular formula is C33H41ClN10O3. The summed E-state index contributed by atoms with van der Waals surface area (Å²) in [6, 6.07) is 8.88. The average molecular weight is 661 g/mol. The van der Waals surface area contributed by atoms with Gasteiger partial charge in [-0.05, 0) is 76.6 Å². The zero-order valence-electron chi connectivity index (χ0n) is 26.8. The molecule has 2 atom stereocenters. The third kappa shape index (κ3) is 8.38. The Labute approximate surface area is 279 Å². The fourth-order valence-electron chi connectivity index (χ4n) is 6.37. The minimum Gasteiger partial charge on any atom is -0.487 e. The van der Waals surface area contributed by atoms with E-state index in [1.807, 2.05) is 36.0 Å². The number of hydrogen-bond donors (Lipinski definition) is 1. The number of likely N-dealkylation sites (N-methyl/N-ethyl adjacent to an activating group) is 1. The maximum absolute atomic E-state index is 9.16. The number of anilines is 2. The van der Waals surface area contributed by atoms with Crippen LogP contribution in [0.4, 0.5) is 11.6 Å². The van der Waals surface area contributed by atoms with E-state index in [0.29, 0.717) is 46.9 Å². The Hall–Kier alpha value is -4.25. The first-order valence-corrected chi connectivity index (χ1v) is 16.6. The van der Waals surface area contributed by atoms with Crippen LogP contribution in [0.15, 0.2) is 49.4 Å². The monoisotopic (exact) mass is 660 g/mol. The highest BCUT2D eigenvalue weighted by Gasteiger charge is 2.30. The molecule has 47 heavy (non-hydrogen) atoms. The van der Waals surface area contributed by atoms with Crippen LogP contribution >= 0.6 is 11.6 Å². The number of halogens is 1. The van der Waals surface area contributed by atoms with Crippen molar-refractivity contribution in [1.82, 2.24) is 39.4 Å². The van der Waals surface area contributed by atoms with Crippen molar-refractivity contribution in [3.8, 4) is 28.8 Å². The van der Waals surface area contributed by atoms with E-state index in [-0.39, 0.29) is 18.8 Å². The molecule has 248 valence electrons. The summed E-state index contributed by atoms with van der Waals surface area (Å²) in [5.74, 6) is 1.30. The number of ether oxygens (including phenoxy) is 3. The van der Waals surface area contributed by atoms with Gasteiger partial charge in [0.15, 0.2) is 6.61 Å². The molecule has 0 bridgehead atoms. The van der Waals surface area contributed by atoms with Gasteiger partial charge in [-0.1, -0.05) is 17.7 Å². The number of nitrogens with one attached hydrogen (secondary N) is 1. The number of rotatable bonds is 12. The van der Waals surface area contributed by atoms with E-state index < -0.39 is 0 Å². The Morgan fingerprint density at radius 1 is 1.13 bits per heavy atom. The van der Waals surface area contributed by atoms with Gasteiger partial charge in [-0.25, -0.2) is 19.6 Å². The molecule has 3 aromatic heterocycles. The Kier molecular flexibility index (Phi) is 10.8. The van der Waals surface area contributed by atoms with Crippen LogP contribution in [-0.2, 0) is 11.3 Å². The molecule has 6 rings (SSSR count). The van der Waals surface area contributed by atoms with E-state index in [1.54, 1.807) is 29.5 Å². The summed E-state index contributed by atoms with van der Waals surface area (Å²) in [7, 11) is 2.25. The summed E-state index contributed by atoms with van der Waals surface area (Å²) < 4.78 is 21.3. The summed E-state index contributed by atoms with van der Waals surface area (Å²) in [5.41, 5.74) is 2.28. The molecule has 0 amide bonds. The molecule has 2 fully saturated rings. The first kappa shape index (κ1) is 32.7. The zero-order chi connectivity index (χ0) is 32.6. The van der Waals surface area contributed by atoms with Crippen LogP contribution in [0.3, 0.4) is 0 Å². The van der Waals surface area contributed by atoms with E-state index >= 15 is 0 Å². The summed E-state index contributed by atoms with van der Waals surface area (Å²) in [6.45, 7) is 4.08. The van der Waals surface area contributed by atoms with Crippen LogP contribution in [-0.4, -0.2) is 84.5 Å². The van der Waals surface area contributed by atoms with Crippen LogP contribution in [0.25, 0.3) is 11.1 Å². The van der Waals surface area contributed by atoms with Gasteiger partial charge in [0.2, 0.25) is 5.95 Å². The molecular weight excluding hydrogens is 620 g/mol. The number of benzene rings is 1. The zero-order valence-corrected chi connectivity index (χ0v) is 27.6. The highest BCUT2D eigenvalue weighted by atomic mass is 35.5. The molecule has 0 radical (unpaired) electrons. The maximum atomic E-state index is 9.16. The van der Waals surface area contributed by atoms with Gasteiger partial charge in [0.1, 0.15) is 36.3 Å². The summed E-state index contributed by atoms with van der Waals surface area (Å²) in [5, 5.41) is 21.8. The number of aromatic nitrogens is 7. The van der Waals surface area contributed by atoms with Gasteiger partial charge in [-0.15, -0.1) is 5.10 Å². The standard InChI is InChI=1S/C33H41ClN10O3/c1-23(18-43-22-36-21-39-43)47-31-15-24(6-11-29(31)34)25-16-37-33(38-17-25)40-30-19-44(41-32(30)46-14-12-35)27-9-7-26(8-10-27)42(2)28-5-3-4-13-45-20-28/h6,11,15-17,19,21-23,26-28H,3-5,7-10,13-14,18,20H2,1-2H3,(H,37,38,40)/t23-,26-,27-,28+/m0/s1. The molecule has 1 saturated carbocycles. The molecule has 14 heteroatoms. The van der Waals surface area contributed by atoms with Crippen LogP contribution in [0, 0.1) is 11.3 Å². The number of nitrogens with zero attached hydrogens (tertiary/aromatic N) is 9. The Bertz CT molecular complexity index is 1610. The second-order valence-electron chi connectivity index (χ2n) is 12.2. The predicted molar refractivity (Wildman–Crippen MR) is 177 cm³/mol. The predicted octanol–water partition coefficient (Wildman–Crippen LogP) is 5.68. The Morgan fingerprint density at radius 2 is 1.96 bits per heavy atom. The highest BCUT2D eigenvalue weighted by molar-refractivity contribution is 6.32. The summed E-state index contributed by atoms with van der Waals surface area (Å²) in [6.07, 6.45) is 16.2. The second kappa shape index (κ2) is 15.6. The first-order chi connectivity index (χ1) is 23.0. The fraction of sp³-hybridized carbons (Fsp3) is 0.515. The molecule has 1 aliphatic heterocycles. The minimum absolute atomic E-state index is 0.106. The van der Waals surface area contributed by atoms with Crippen molar-refractivity contribution in [3.63, 3.8) is 0 Å². The quantitative estimate of drug-likeness (QED) is 0.200. The lowest BCUT2D eigenvalue weighted by Gasteiger charge is -2.38. The second-order valence-corrected chi connectivity index (χ2v) is 12.6. The lowest BCUT2D eigenvalue weighted by atomic mass is 9.89. The lowest BCUT2D eigenvalue weighted by Crippen LogP contribution is -2.44. The highest BCUT2D eigenvalue weighted by Crippen LogP contribution is 2.36. The van der Waals surface area contributed by atoms with Gasteiger partial charge >= 0.3 is 0 Å². The molecule has 1 saturated heterocycles. The van der Waals surface area contributed by atoms with Crippen molar-refractivity contribution in [2.45, 2.75) is 82.6 Å². The average Bonchev–Trinajstić information content (AvgIpc) is 3.66. The maximum Gasteiger partial charge on any atom is 0.257 e. The summed E-state index contributed by atoms with van der Waals surface area (Å²) >= 11 is 6.45. The number of hydrogen-bond acceptors (Lipinski definition) is 11. The van der Waals surface area contributed by atoms with Gasteiger partial charge in [0, 0.05) is 36.6 Å². The van der Waals surface area contributed by atoms with Crippen molar-refractivity contribution >= 4 is 23.2 Å². The van der Waals surface area contributed by atoms with Gasteiger partial charge in [-0.3, -0.25) is 9.58 Å². The molecule has 13 nitrogen and oxygen atoms in total. The largest absolute Gasteiger partial charge is 0.487 e. The molecule has 4 heterocycles. The number of nitriles is 1. The van der Waals surface area contributed by atoms with Gasteiger partial charge < -0.3 is 19.5 Å². The third-order valence-electron chi connectivity index (χ3n) is 8.95. The Balaban J connectivity index is 1.10. The third-order valence-corrected chi connectivity index (χ3v) is 9.26. The van der Waals surface area contributed by atoms with Gasteiger partial charge in [-0.2, -0.15) is 10.4 Å². The molecule has 0 spiro atoms. The SMILES string of the molecule is C[C@@H](Cn1cncn1)Oc1cc(-c2cnc(Nc3cn([C@H]4CC[C@H](N(C)[C@@H]5CCCCOC5)CC4)nc3OCC#N)nc2)ccc1Cl. The van der Waals surface area contributed by atoms with E-state index in [4.69, 9.17) is 36.2 Å². The van der Waals surface area contributed by atoms with Gasteiger partial charge in [0.25, 0.3) is 5.88 Å². The van der Waals surface area contributed by atoms with E-state index in [1.165, 1.54) is 19.2 Å². The topological polar surface area (TPSA) is 141 Å². The molecule has 1 N–H and O–H groups in total. The van der Waals surface area contributed by atoms with Crippen molar-refractivity contribution in [2.75, 3.05) is 32.2 Å². The smallest absolute Gasteiger partial charge is 0.257 e. The lowest BCUT2D eigenvalue weighted by molar-refractivity contribution is 0.0500. The van der Waals surface area contributed by atoms with Crippen molar-refractivity contribution < 1.29 is 14.2 Å². The van der Waals surface area contributed by atoms with Crippen LogP contribution < -0.4 is 14.8 Å². The van der Waals surface area contributed by atoms with Crippen molar-refractivity contribution in [3.05, 3.63) is 54.5 Å². The van der Waals surface area contributed by atoms with E-state index in [0.717, 1.165) is 56.4 Å². The van der Waals surface area contributed by atoms with Crippen molar-refractivity contribution in [2.24, 2.45) is 0 Å². The van der Waals surface area contributed by atoms with E-state index in [2.05, 4.69) is 37.3 Å². The van der Waals surface area contributed by atoms with Crippen LogP contribution in [0.1, 0.15) is 57.9 Å². The van der Waals surface area contributed by atoms with Gasteiger partial charge in [0.05, 0.1) is 30.4 Å². The summed E-state index contributed by atoms with van der Waals surface area (Å²) in [4.78, 5) is 15.6. The molecule has 0 unspecified atom stereocenters. The molecule has 1 aliphatic carbocycles. The fourth-order valence-corrected chi connectivity index (χ4v) is 6.53. The minimum atomic E-state index is -0.178. The molecule has 2 aliphatic rings. The molecule has 1 aromatic carbocycles. The van der Waals surface area contributed by atoms with Crippen LogP contribution in [0.2, 0.25) is 5.02 Å². The Morgan fingerprint density at radius 3 is 2.72 bits per heavy atom. The first-order valence-electron chi connectivity index (χ1n) is 16.2. The van der Waals surface area contributed by atoms with Crippen LogP contribution in [0.5, 0.6) is 11.6 Å². The molecule has 4 aromatic rings.